The first-order valence-corrected chi connectivity index (χ1v) is 14.5. The highest BCUT2D eigenvalue weighted by Crippen LogP contribution is 2.36. The van der Waals surface area contributed by atoms with Gasteiger partial charge in [-0.15, -0.1) is 0 Å². The van der Waals surface area contributed by atoms with E-state index in [1.54, 1.807) is 50.2 Å². The molecule has 1 amide bonds. The van der Waals surface area contributed by atoms with Crippen LogP contribution < -0.4 is 14.4 Å². The summed E-state index contributed by atoms with van der Waals surface area (Å²) in [5.41, 5.74) is 3.79. The molecule has 214 valence electrons. The molecule has 5 rings (SSSR count). The van der Waals surface area contributed by atoms with Crippen molar-refractivity contribution >= 4 is 45.5 Å². The number of carbonyl (C=O) groups excluding carboxylic acids is 1. The largest absolute Gasteiger partial charge is 0.755 e. The molecule has 10 heteroatoms. The van der Waals surface area contributed by atoms with Gasteiger partial charge in [0, 0.05) is 28.2 Å². The SMILES string of the molecule is Cc1c(C(=O)Nc2ccc(-c3ccc(N(C(C(=O)O)C(C)C)S(=O)[O-])cc3)cc2)oc2cccc(OCC3CC3)c12. The van der Waals surface area contributed by atoms with Crippen LogP contribution >= 0.6 is 0 Å². The fourth-order valence-electron chi connectivity index (χ4n) is 4.83. The number of carbonyl (C=O) groups is 2. The number of aliphatic carboxylic acids is 1. The van der Waals surface area contributed by atoms with E-state index in [0.717, 1.165) is 32.1 Å². The number of aryl methyl sites for hydroxylation is 1. The Labute approximate surface area is 240 Å². The molecule has 9 nitrogen and oxygen atoms in total. The first-order valence-electron chi connectivity index (χ1n) is 13.4. The number of hydrogen-bond donors (Lipinski definition) is 2. The van der Waals surface area contributed by atoms with Crippen molar-refractivity contribution < 1.29 is 32.6 Å². The van der Waals surface area contributed by atoms with Crippen molar-refractivity contribution in [3.05, 3.63) is 78.1 Å². The van der Waals surface area contributed by atoms with E-state index in [9.17, 15) is 23.5 Å². The summed E-state index contributed by atoms with van der Waals surface area (Å²) in [6, 6.07) is 18.1. The molecule has 2 atom stereocenters. The summed E-state index contributed by atoms with van der Waals surface area (Å²) >= 11 is -2.76. The standard InChI is InChI=1S/C31H32N2O7S/c1-18(2)28(31(35)36)33(41(37)38)24-15-11-22(12-16-24)21-9-13-23(14-10-21)32-30(34)29-19(3)27-25(39-17-20-7-8-20)5-4-6-26(27)40-29/h4-6,9-16,18,20,28H,7-8,17H2,1-3H3,(H,32,34)(H,35,36)(H,37,38)/p-1. The minimum Gasteiger partial charge on any atom is -0.755 e. The van der Waals surface area contributed by atoms with Gasteiger partial charge in [0.05, 0.1) is 12.0 Å². The van der Waals surface area contributed by atoms with Gasteiger partial charge in [0.15, 0.2) is 5.76 Å². The average molecular weight is 576 g/mol. The van der Waals surface area contributed by atoms with Crippen molar-refractivity contribution in [2.24, 2.45) is 11.8 Å². The molecule has 1 aliphatic carbocycles. The summed E-state index contributed by atoms with van der Waals surface area (Å²) < 4.78 is 36.6. The van der Waals surface area contributed by atoms with Crippen LogP contribution in [0.1, 0.15) is 42.8 Å². The van der Waals surface area contributed by atoms with Gasteiger partial charge in [-0.05, 0) is 79.1 Å². The maximum atomic E-state index is 13.1. The summed E-state index contributed by atoms with van der Waals surface area (Å²) in [5, 5.41) is 13.3. The van der Waals surface area contributed by atoms with Crippen LogP contribution in [0.15, 0.2) is 71.1 Å². The molecule has 1 heterocycles. The average Bonchev–Trinajstić information content (AvgIpc) is 3.71. The summed E-state index contributed by atoms with van der Waals surface area (Å²) in [7, 11) is 0. The lowest BCUT2D eigenvalue weighted by Gasteiger charge is -2.34. The maximum absolute atomic E-state index is 13.1. The lowest BCUT2D eigenvalue weighted by molar-refractivity contribution is -0.139. The van der Waals surface area contributed by atoms with Gasteiger partial charge in [-0.2, -0.15) is 0 Å². The Hall–Kier alpha value is -4.15. The van der Waals surface area contributed by atoms with Gasteiger partial charge in [0.25, 0.3) is 5.91 Å². The Morgan fingerprint density at radius 2 is 1.71 bits per heavy atom. The minimum absolute atomic E-state index is 0.225. The quantitative estimate of drug-likeness (QED) is 0.205. The first kappa shape index (κ1) is 28.4. The first-order chi connectivity index (χ1) is 19.6. The number of nitrogens with zero attached hydrogens (tertiary/aromatic N) is 1. The van der Waals surface area contributed by atoms with Crippen LogP contribution in [-0.2, 0) is 16.1 Å². The molecule has 1 fully saturated rings. The number of carboxylic acids is 1. The molecule has 41 heavy (non-hydrogen) atoms. The third-order valence-corrected chi connectivity index (χ3v) is 7.95. The highest BCUT2D eigenvalue weighted by Gasteiger charge is 2.30. The van der Waals surface area contributed by atoms with E-state index >= 15 is 0 Å². The number of hydrogen-bond acceptors (Lipinski definition) is 6. The van der Waals surface area contributed by atoms with Gasteiger partial charge >= 0.3 is 5.97 Å². The van der Waals surface area contributed by atoms with Gasteiger partial charge in [-0.3, -0.25) is 13.3 Å². The molecule has 0 spiro atoms. The van der Waals surface area contributed by atoms with Gasteiger partial charge < -0.3 is 24.1 Å². The van der Waals surface area contributed by atoms with Crippen LogP contribution in [-0.4, -0.2) is 38.4 Å². The second-order valence-corrected chi connectivity index (χ2v) is 11.4. The number of benzene rings is 3. The number of nitrogens with one attached hydrogen (secondary N) is 1. The molecule has 1 saturated carbocycles. The Bertz CT molecular complexity index is 1590. The summed E-state index contributed by atoms with van der Waals surface area (Å²) in [4.78, 5) is 24.8. The summed E-state index contributed by atoms with van der Waals surface area (Å²) in [5.74, 6) is -0.466. The van der Waals surface area contributed by atoms with Crippen molar-refractivity contribution in [3.63, 3.8) is 0 Å². The van der Waals surface area contributed by atoms with Crippen molar-refractivity contribution in [3.8, 4) is 16.9 Å². The highest BCUT2D eigenvalue weighted by atomic mass is 32.2. The number of furan rings is 1. The van der Waals surface area contributed by atoms with E-state index in [0.29, 0.717) is 23.8 Å². The second kappa shape index (κ2) is 11.8. The van der Waals surface area contributed by atoms with Crippen molar-refractivity contribution in [1.82, 2.24) is 0 Å². The van der Waals surface area contributed by atoms with E-state index in [1.165, 1.54) is 12.8 Å². The topological polar surface area (TPSA) is 132 Å². The van der Waals surface area contributed by atoms with Gasteiger partial charge in [-0.25, -0.2) is 4.79 Å². The molecule has 0 radical (unpaired) electrons. The van der Waals surface area contributed by atoms with Gasteiger partial charge in [0.1, 0.15) is 17.4 Å². The van der Waals surface area contributed by atoms with E-state index in [4.69, 9.17) is 9.15 Å². The predicted molar refractivity (Wildman–Crippen MR) is 157 cm³/mol. The number of rotatable bonds is 11. The normalized spacial score (nSPS) is 14.6. The predicted octanol–water partition coefficient (Wildman–Crippen LogP) is 6.16. The van der Waals surface area contributed by atoms with Crippen LogP contribution in [0.2, 0.25) is 0 Å². The fourth-order valence-corrected chi connectivity index (χ4v) is 5.64. The van der Waals surface area contributed by atoms with Gasteiger partial charge in [0.2, 0.25) is 0 Å². The fraction of sp³-hybridized carbons (Fsp3) is 0.290. The smallest absolute Gasteiger partial charge is 0.327 e. The lowest BCUT2D eigenvalue weighted by Crippen LogP contribution is -2.45. The zero-order valence-electron chi connectivity index (χ0n) is 23.0. The Morgan fingerprint density at radius 3 is 2.27 bits per heavy atom. The monoisotopic (exact) mass is 575 g/mol. The molecule has 4 aromatic rings. The van der Waals surface area contributed by atoms with Crippen molar-refractivity contribution in [2.75, 3.05) is 16.2 Å². The molecule has 0 saturated heterocycles. The van der Waals surface area contributed by atoms with E-state index in [-0.39, 0.29) is 17.4 Å². The van der Waals surface area contributed by atoms with E-state index in [1.807, 2.05) is 37.3 Å². The van der Waals surface area contributed by atoms with Gasteiger partial charge in [-0.1, -0.05) is 44.2 Å². The van der Waals surface area contributed by atoms with Crippen LogP contribution in [0.25, 0.3) is 22.1 Å². The van der Waals surface area contributed by atoms with E-state index in [2.05, 4.69) is 5.32 Å². The lowest BCUT2D eigenvalue weighted by atomic mass is 10.0. The number of ether oxygens (including phenoxy) is 1. The third-order valence-electron chi connectivity index (χ3n) is 7.19. The molecule has 1 aromatic heterocycles. The molecule has 2 N–H and O–H groups in total. The molecule has 0 bridgehead atoms. The molecular weight excluding hydrogens is 544 g/mol. The highest BCUT2D eigenvalue weighted by molar-refractivity contribution is 7.80. The van der Waals surface area contributed by atoms with Crippen LogP contribution in [0.3, 0.4) is 0 Å². The zero-order chi connectivity index (χ0) is 29.3. The zero-order valence-corrected chi connectivity index (χ0v) is 23.8. The Balaban J connectivity index is 1.30. The number of fused-ring (bicyclic) bond motifs is 1. The molecule has 0 aliphatic heterocycles. The minimum atomic E-state index is -2.76. The number of anilines is 2. The Morgan fingerprint density at radius 1 is 1.07 bits per heavy atom. The number of carboxylic acid groups (broad SMARTS) is 1. The molecule has 2 unspecified atom stereocenters. The van der Waals surface area contributed by atoms with Crippen molar-refractivity contribution in [2.45, 2.75) is 39.7 Å². The van der Waals surface area contributed by atoms with Crippen LogP contribution in [0.5, 0.6) is 5.75 Å². The second-order valence-electron chi connectivity index (χ2n) is 10.6. The third kappa shape index (κ3) is 6.13. The van der Waals surface area contributed by atoms with Crippen LogP contribution in [0, 0.1) is 18.8 Å². The molecule has 1 aliphatic rings. The van der Waals surface area contributed by atoms with E-state index < -0.39 is 29.2 Å². The summed E-state index contributed by atoms with van der Waals surface area (Å²) in [6.45, 7) is 5.83. The molecular formula is C31H31N2O7S-. The molecule has 3 aromatic carbocycles. The van der Waals surface area contributed by atoms with Crippen molar-refractivity contribution in [1.29, 1.82) is 0 Å². The van der Waals surface area contributed by atoms with Crippen LogP contribution in [0.4, 0.5) is 11.4 Å². The Kier molecular flexibility index (Phi) is 8.14. The summed E-state index contributed by atoms with van der Waals surface area (Å²) in [6.07, 6.45) is 2.37. The number of amides is 1. The maximum Gasteiger partial charge on any atom is 0.327 e.